The number of aliphatic hydroxyl groups is 1. The summed E-state index contributed by atoms with van der Waals surface area (Å²) < 4.78 is 22.4. The predicted molar refractivity (Wildman–Crippen MR) is 134 cm³/mol. The van der Waals surface area contributed by atoms with E-state index in [1.165, 1.54) is 18.3 Å². The third-order valence-electron chi connectivity index (χ3n) is 5.37. The monoisotopic (exact) mass is 547 g/mol. The third kappa shape index (κ3) is 9.96. The van der Waals surface area contributed by atoms with Gasteiger partial charge in [-0.15, -0.1) is 9.42 Å². The molecule has 0 aromatic carbocycles. The van der Waals surface area contributed by atoms with E-state index in [-0.39, 0.29) is 17.9 Å². The second kappa shape index (κ2) is 15.7. The average Bonchev–Trinajstić information content (AvgIpc) is 3.22. The smallest absolute Gasteiger partial charge is 0.394 e. The number of H-pyrrole nitrogens is 1. The summed E-state index contributed by atoms with van der Waals surface area (Å²) in [7, 11) is -2.94. The summed E-state index contributed by atoms with van der Waals surface area (Å²) in [5, 5.41) is 14.9. The van der Waals surface area contributed by atoms with Crippen LogP contribution in [-0.2, 0) is 23.4 Å². The zero-order valence-electron chi connectivity index (χ0n) is 19.6. The Balaban J connectivity index is 1.83. The number of aromatic nitrogens is 2. The second-order valence-corrected chi connectivity index (χ2v) is 9.18. The number of carbonyl (C=O) groups is 2. The largest absolute Gasteiger partial charge is 0.695 e. The van der Waals surface area contributed by atoms with Crippen LogP contribution in [-0.4, -0.2) is 69.0 Å². The molecule has 0 spiro atoms. The van der Waals surface area contributed by atoms with E-state index in [2.05, 4.69) is 28.2 Å². The highest BCUT2D eigenvalue weighted by atomic mass is 32.1. The lowest BCUT2D eigenvalue weighted by atomic mass is 10.2. The zero-order chi connectivity index (χ0) is 26.5. The van der Waals surface area contributed by atoms with Gasteiger partial charge in [-0.25, -0.2) is 4.79 Å². The van der Waals surface area contributed by atoms with Crippen LogP contribution in [0.2, 0.25) is 0 Å². The van der Waals surface area contributed by atoms with E-state index < -0.39 is 50.5 Å². The highest BCUT2D eigenvalue weighted by Crippen LogP contribution is 2.34. The summed E-state index contributed by atoms with van der Waals surface area (Å²) in [6.45, 7) is 0.556. The molecule has 0 aliphatic carbocycles. The number of aromatic amines is 1. The van der Waals surface area contributed by atoms with E-state index in [1.54, 1.807) is 0 Å². The van der Waals surface area contributed by atoms with Gasteiger partial charge in [0.1, 0.15) is 18.4 Å². The van der Waals surface area contributed by atoms with Gasteiger partial charge in [0.05, 0.1) is 12.2 Å². The number of carbonyl (C=O) groups excluding carboxylic acids is 2. The minimum Gasteiger partial charge on any atom is -0.394 e. The first kappa shape index (κ1) is 29.9. The van der Waals surface area contributed by atoms with E-state index >= 15 is 0 Å². The summed E-state index contributed by atoms with van der Waals surface area (Å²) in [6, 6.07) is 0. The Hall–Kier alpha value is -2.35. The van der Waals surface area contributed by atoms with Gasteiger partial charge in [0.25, 0.3) is 5.56 Å². The number of hydrogen-bond acceptors (Lipinski definition) is 9. The van der Waals surface area contributed by atoms with Crippen molar-refractivity contribution < 1.29 is 33.4 Å². The summed E-state index contributed by atoms with van der Waals surface area (Å²) in [5.74, 6) is 0.0922. The number of unbranched alkanes of at least 4 members (excludes halogenated alkanes) is 3. The number of nitrogens with one attached hydrogen (secondary N) is 3. The summed E-state index contributed by atoms with van der Waals surface area (Å²) in [4.78, 5) is 58.9. The lowest BCUT2D eigenvalue weighted by Crippen LogP contribution is -2.33. The molecule has 1 aromatic rings. The van der Waals surface area contributed by atoms with Crippen molar-refractivity contribution in [3.63, 3.8) is 0 Å². The third-order valence-corrected chi connectivity index (χ3v) is 6.04. The minimum atomic E-state index is -2.94. The molecule has 15 heteroatoms. The molecule has 1 aliphatic heterocycles. The maximum atomic E-state index is 12.3. The van der Waals surface area contributed by atoms with Crippen molar-refractivity contribution >= 4 is 38.8 Å². The SMILES string of the molecule is O=C(/C=C/c1cn([C@H]2CC(O[P+](=O)O)[C@@H](CO)O2)c(=O)[nH]c1=O)NCCCCCCNC(=O)CCS. The molecule has 1 fully saturated rings. The fourth-order valence-electron chi connectivity index (χ4n) is 3.55. The molecule has 0 bridgehead atoms. The summed E-state index contributed by atoms with van der Waals surface area (Å²) >= 11 is 4.00. The minimum absolute atomic E-state index is 0.00944. The summed E-state index contributed by atoms with van der Waals surface area (Å²) in [6.07, 6.45) is 4.61. The van der Waals surface area contributed by atoms with Crippen molar-refractivity contribution in [2.24, 2.45) is 0 Å². The molecule has 2 amide bonds. The number of hydrogen-bond donors (Lipinski definition) is 6. The molecule has 2 unspecified atom stereocenters. The van der Waals surface area contributed by atoms with Gasteiger partial charge in [0, 0.05) is 42.8 Å². The van der Waals surface area contributed by atoms with Crippen molar-refractivity contribution in [3.05, 3.63) is 38.7 Å². The van der Waals surface area contributed by atoms with Crippen LogP contribution in [0.3, 0.4) is 0 Å². The highest BCUT2D eigenvalue weighted by Gasteiger charge is 2.42. The van der Waals surface area contributed by atoms with Gasteiger partial charge >= 0.3 is 13.9 Å². The van der Waals surface area contributed by atoms with Gasteiger partial charge < -0.3 is 20.5 Å². The first-order valence-electron chi connectivity index (χ1n) is 11.5. The van der Waals surface area contributed by atoms with Crippen molar-refractivity contribution in [3.8, 4) is 0 Å². The fraction of sp³-hybridized carbons (Fsp3) is 0.619. The number of amides is 2. The van der Waals surface area contributed by atoms with Crippen LogP contribution in [0.5, 0.6) is 0 Å². The van der Waals surface area contributed by atoms with Gasteiger partial charge in [-0.2, -0.15) is 12.6 Å². The second-order valence-electron chi connectivity index (χ2n) is 8.04. The number of thiol groups is 1. The van der Waals surface area contributed by atoms with Gasteiger partial charge in [-0.1, -0.05) is 12.8 Å². The van der Waals surface area contributed by atoms with Gasteiger partial charge in [0.2, 0.25) is 11.8 Å². The molecule has 13 nitrogen and oxygen atoms in total. The topological polar surface area (TPSA) is 189 Å². The molecule has 2 heterocycles. The van der Waals surface area contributed by atoms with Crippen LogP contribution >= 0.6 is 20.9 Å². The number of nitrogens with zero attached hydrogens (tertiary/aromatic N) is 1. The van der Waals surface area contributed by atoms with E-state index in [0.717, 1.165) is 30.3 Å². The molecule has 4 atom stereocenters. The van der Waals surface area contributed by atoms with Crippen LogP contribution in [0, 0.1) is 0 Å². The summed E-state index contributed by atoms with van der Waals surface area (Å²) in [5.41, 5.74) is -1.46. The van der Waals surface area contributed by atoms with Crippen molar-refractivity contribution in [1.29, 1.82) is 0 Å². The Labute approximate surface area is 213 Å². The maximum absolute atomic E-state index is 12.3. The number of aliphatic hydroxyl groups excluding tert-OH is 1. The molecule has 1 aromatic heterocycles. The van der Waals surface area contributed by atoms with Gasteiger partial charge in [-0.3, -0.25) is 23.9 Å². The molecule has 200 valence electrons. The standard InChI is InChI=1S/C21H31N4O9PS/c26-13-16-15(34-35(31)32)11-19(33-16)25-12-14(20(29)24-21(25)30)5-6-17(27)22-8-3-1-2-4-9-23-18(28)7-10-36/h5-6,12,15-16,19,26H,1-4,7-11,13H2,(H4-,22,23,24,27,28,29,30,31,32,36)/p+1/b6-5+/t15?,16-,19-/m1/s1. The molecular formula is C21H32N4O9PS+. The zero-order valence-corrected chi connectivity index (χ0v) is 21.4. The van der Waals surface area contributed by atoms with E-state index in [9.17, 15) is 28.8 Å². The van der Waals surface area contributed by atoms with Crippen LogP contribution in [0.25, 0.3) is 6.08 Å². The average molecular weight is 548 g/mol. The van der Waals surface area contributed by atoms with Crippen LogP contribution in [0.4, 0.5) is 0 Å². The fourth-order valence-corrected chi connectivity index (χ4v) is 4.21. The van der Waals surface area contributed by atoms with Crippen molar-refractivity contribution in [1.82, 2.24) is 20.2 Å². The Kier molecular flexibility index (Phi) is 13.0. The van der Waals surface area contributed by atoms with Crippen molar-refractivity contribution in [2.75, 3.05) is 25.4 Å². The molecule has 36 heavy (non-hydrogen) atoms. The first-order valence-corrected chi connectivity index (χ1v) is 13.3. The van der Waals surface area contributed by atoms with Gasteiger partial charge in [0.15, 0.2) is 0 Å². The molecule has 2 rings (SSSR count). The van der Waals surface area contributed by atoms with E-state index in [0.29, 0.717) is 25.3 Å². The number of ether oxygens (including phenoxy) is 1. The van der Waals surface area contributed by atoms with Crippen LogP contribution < -0.4 is 21.9 Å². The molecule has 0 saturated carbocycles. The Morgan fingerprint density at radius 2 is 1.94 bits per heavy atom. The lowest BCUT2D eigenvalue weighted by Gasteiger charge is -2.14. The van der Waals surface area contributed by atoms with E-state index in [1.807, 2.05) is 0 Å². The lowest BCUT2D eigenvalue weighted by molar-refractivity contribution is -0.120. The molecule has 5 N–H and O–H groups in total. The molecule has 1 saturated heterocycles. The Morgan fingerprint density at radius 1 is 1.25 bits per heavy atom. The Bertz CT molecular complexity index is 1040. The molecule has 1 aliphatic rings. The number of rotatable bonds is 15. The van der Waals surface area contributed by atoms with E-state index in [4.69, 9.17) is 14.2 Å². The van der Waals surface area contributed by atoms with Gasteiger partial charge in [-0.05, 0) is 24.7 Å². The quantitative estimate of drug-likeness (QED) is 0.0758. The van der Waals surface area contributed by atoms with Crippen LogP contribution in [0.1, 0.15) is 50.3 Å². The maximum Gasteiger partial charge on any atom is 0.695 e. The van der Waals surface area contributed by atoms with Crippen LogP contribution in [0.15, 0.2) is 21.9 Å². The predicted octanol–water partition coefficient (Wildman–Crippen LogP) is -0.0228. The highest BCUT2D eigenvalue weighted by molar-refractivity contribution is 7.80. The molecular weight excluding hydrogens is 515 g/mol. The normalized spacial score (nSPS) is 20.0. The molecule has 0 radical (unpaired) electrons. The van der Waals surface area contributed by atoms with Crippen molar-refractivity contribution in [2.45, 2.75) is 57.0 Å². The first-order chi connectivity index (χ1) is 17.2. The Morgan fingerprint density at radius 3 is 2.58 bits per heavy atom.